The van der Waals surface area contributed by atoms with E-state index < -0.39 is 27.6 Å². The van der Waals surface area contributed by atoms with Crippen LogP contribution in [-0.2, 0) is 10.0 Å². The molecule has 0 aliphatic rings. The topological polar surface area (TPSA) is 66.5 Å². The van der Waals surface area contributed by atoms with Crippen molar-refractivity contribution in [2.24, 2.45) is 0 Å². The second kappa shape index (κ2) is 8.00. The van der Waals surface area contributed by atoms with E-state index >= 15 is 0 Å². The van der Waals surface area contributed by atoms with Gasteiger partial charge in [0.05, 0.1) is 23.2 Å². The molecular formula is C21H18F2N2O3S. The first-order chi connectivity index (χ1) is 13.7. The van der Waals surface area contributed by atoms with Gasteiger partial charge in [0.15, 0.2) is 0 Å². The van der Waals surface area contributed by atoms with Gasteiger partial charge in [-0.05, 0) is 35.4 Å². The molecule has 0 saturated heterocycles. The molecule has 1 amide bonds. The summed E-state index contributed by atoms with van der Waals surface area (Å²) in [6.45, 7) is 0. The lowest BCUT2D eigenvalue weighted by Gasteiger charge is -2.21. The van der Waals surface area contributed by atoms with E-state index in [0.29, 0.717) is 6.07 Å². The summed E-state index contributed by atoms with van der Waals surface area (Å²) in [5.41, 5.74) is 1.61. The number of nitrogens with zero attached hydrogens (tertiary/aromatic N) is 1. The van der Waals surface area contributed by atoms with E-state index in [0.717, 1.165) is 33.8 Å². The molecule has 5 nitrogen and oxygen atoms in total. The van der Waals surface area contributed by atoms with Crippen molar-refractivity contribution < 1.29 is 22.0 Å². The summed E-state index contributed by atoms with van der Waals surface area (Å²) in [7, 11) is -2.26. The number of carbonyl (C=O) groups is 1. The molecule has 0 fully saturated rings. The Balaban J connectivity index is 2.06. The van der Waals surface area contributed by atoms with Crippen LogP contribution in [0.3, 0.4) is 0 Å². The van der Waals surface area contributed by atoms with Crippen molar-refractivity contribution >= 4 is 27.3 Å². The van der Waals surface area contributed by atoms with Crippen LogP contribution >= 0.6 is 0 Å². The standard InChI is InChI=1S/C21H18F2N2O3S/c1-25(29(2,27)28)20-11-8-15(14-6-4-3-5-7-14)12-19(20)24-21(26)17-10-9-16(22)13-18(17)23/h3-13H,1-2H3,(H,24,26). The van der Waals surface area contributed by atoms with Gasteiger partial charge in [0.2, 0.25) is 10.0 Å². The third kappa shape index (κ3) is 4.60. The molecule has 3 aromatic carbocycles. The Bertz CT molecular complexity index is 1170. The highest BCUT2D eigenvalue weighted by Gasteiger charge is 2.20. The monoisotopic (exact) mass is 416 g/mol. The lowest BCUT2D eigenvalue weighted by Crippen LogP contribution is -2.26. The van der Waals surface area contributed by atoms with Gasteiger partial charge in [-0.3, -0.25) is 9.10 Å². The van der Waals surface area contributed by atoms with Crippen LogP contribution in [0.4, 0.5) is 20.2 Å². The third-order valence-electron chi connectivity index (χ3n) is 4.36. The molecular weight excluding hydrogens is 398 g/mol. The predicted octanol–water partition coefficient (Wildman–Crippen LogP) is 4.28. The van der Waals surface area contributed by atoms with Gasteiger partial charge in [0, 0.05) is 13.1 Å². The molecule has 1 N–H and O–H groups in total. The minimum absolute atomic E-state index is 0.174. The maximum atomic E-state index is 14.0. The van der Waals surface area contributed by atoms with Crippen LogP contribution in [0.15, 0.2) is 66.7 Å². The molecule has 0 radical (unpaired) electrons. The van der Waals surface area contributed by atoms with Crippen LogP contribution in [0.5, 0.6) is 0 Å². The largest absolute Gasteiger partial charge is 0.320 e. The highest BCUT2D eigenvalue weighted by Crippen LogP contribution is 2.32. The van der Waals surface area contributed by atoms with Crippen LogP contribution in [0, 0.1) is 11.6 Å². The highest BCUT2D eigenvalue weighted by molar-refractivity contribution is 7.92. The van der Waals surface area contributed by atoms with E-state index in [2.05, 4.69) is 5.32 Å². The first kappa shape index (κ1) is 20.5. The van der Waals surface area contributed by atoms with Gasteiger partial charge < -0.3 is 5.32 Å². The molecule has 0 unspecified atom stereocenters. The summed E-state index contributed by atoms with van der Waals surface area (Å²) < 4.78 is 52.1. The number of sulfonamides is 1. The van der Waals surface area contributed by atoms with Crippen molar-refractivity contribution in [3.63, 3.8) is 0 Å². The van der Waals surface area contributed by atoms with Crippen LogP contribution in [-0.4, -0.2) is 27.6 Å². The minimum atomic E-state index is -3.61. The van der Waals surface area contributed by atoms with Gasteiger partial charge in [-0.25, -0.2) is 17.2 Å². The fraction of sp³-hybridized carbons (Fsp3) is 0.0952. The molecule has 0 atom stereocenters. The molecule has 150 valence electrons. The summed E-state index contributed by atoms with van der Waals surface area (Å²) in [6.07, 6.45) is 1.03. The predicted molar refractivity (Wildman–Crippen MR) is 109 cm³/mol. The highest BCUT2D eigenvalue weighted by atomic mass is 32.2. The smallest absolute Gasteiger partial charge is 0.258 e. The van der Waals surface area contributed by atoms with Crippen molar-refractivity contribution in [1.29, 1.82) is 0 Å². The number of nitrogens with one attached hydrogen (secondary N) is 1. The minimum Gasteiger partial charge on any atom is -0.320 e. The van der Waals surface area contributed by atoms with Crippen LogP contribution in [0.1, 0.15) is 10.4 Å². The number of hydrogen-bond acceptors (Lipinski definition) is 3. The average molecular weight is 416 g/mol. The molecule has 0 aliphatic carbocycles. The van der Waals surface area contributed by atoms with E-state index in [-0.39, 0.29) is 16.9 Å². The molecule has 0 saturated carbocycles. The maximum absolute atomic E-state index is 14.0. The summed E-state index contributed by atoms with van der Waals surface area (Å²) in [5.74, 6) is -2.64. The number of halogens is 2. The van der Waals surface area contributed by atoms with E-state index in [1.54, 1.807) is 18.2 Å². The molecule has 0 heterocycles. The molecule has 0 bridgehead atoms. The lowest BCUT2D eigenvalue weighted by molar-refractivity contribution is 0.102. The number of hydrogen-bond donors (Lipinski definition) is 1. The number of rotatable bonds is 5. The Morgan fingerprint density at radius 1 is 0.931 bits per heavy atom. The first-order valence-electron chi connectivity index (χ1n) is 8.56. The van der Waals surface area contributed by atoms with Gasteiger partial charge in [0.1, 0.15) is 11.6 Å². The van der Waals surface area contributed by atoms with E-state index in [1.807, 2.05) is 30.3 Å². The molecule has 3 rings (SSSR count). The summed E-state index contributed by atoms with van der Waals surface area (Å²) in [5, 5.41) is 2.54. The van der Waals surface area contributed by atoms with Crippen LogP contribution in [0.2, 0.25) is 0 Å². The van der Waals surface area contributed by atoms with E-state index in [1.165, 1.54) is 7.05 Å². The number of benzene rings is 3. The third-order valence-corrected chi connectivity index (χ3v) is 5.56. The summed E-state index contributed by atoms with van der Waals surface area (Å²) in [6, 6.07) is 16.8. The normalized spacial score (nSPS) is 11.2. The fourth-order valence-electron chi connectivity index (χ4n) is 2.76. The Kier molecular flexibility index (Phi) is 5.65. The number of amides is 1. The summed E-state index contributed by atoms with van der Waals surface area (Å²) >= 11 is 0. The Morgan fingerprint density at radius 3 is 2.24 bits per heavy atom. The fourth-order valence-corrected chi connectivity index (χ4v) is 3.28. The molecule has 3 aromatic rings. The number of anilines is 2. The van der Waals surface area contributed by atoms with Crippen molar-refractivity contribution in [3.05, 3.63) is 83.9 Å². The van der Waals surface area contributed by atoms with Crippen molar-refractivity contribution in [2.75, 3.05) is 22.9 Å². The van der Waals surface area contributed by atoms with Gasteiger partial charge in [-0.2, -0.15) is 0 Å². The van der Waals surface area contributed by atoms with Gasteiger partial charge >= 0.3 is 0 Å². The van der Waals surface area contributed by atoms with Crippen LogP contribution < -0.4 is 9.62 Å². The van der Waals surface area contributed by atoms with Gasteiger partial charge in [0.25, 0.3) is 5.91 Å². The average Bonchev–Trinajstić information content (AvgIpc) is 2.67. The Labute approximate surface area is 167 Å². The second-order valence-electron chi connectivity index (χ2n) is 6.41. The molecule has 0 aliphatic heterocycles. The van der Waals surface area contributed by atoms with Crippen LogP contribution in [0.25, 0.3) is 11.1 Å². The quantitative estimate of drug-likeness (QED) is 0.675. The number of carbonyl (C=O) groups excluding carboxylic acids is 1. The Hall–Kier alpha value is -3.26. The summed E-state index contributed by atoms with van der Waals surface area (Å²) in [4.78, 5) is 12.6. The second-order valence-corrected chi connectivity index (χ2v) is 8.42. The lowest BCUT2D eigenvalue weighted by atomic mass is 10.0. The molecule has 0 aromatic heterocycles. The SMILES string of the molecule is CN(c1ccc(-c2ccccc2)cc1NC(=O)c1ccc(F)cc1F)S(C)(=O)=O. The van der Waals surface area contributed by atoms with E-state index in [4.69, 9.17) is 0 Å². The zero-order valence-electron chi connectivity index (χ0n) is 15.7. The molecule has 0 spiro atoms. The van der Waals surface area contributed by atoms with Gasteiger partial charge in [-0.15, -0.1) is 0 Å². The van der Waals surface area contributed by atoms with Crippen molar-refractivity contribution in [1.82, 2.24) is 0 Å². The Morgan fingerprint density at radius 2 is 1.62 bits per heavy atom. The van der Waals surface area contributed by atoms with Crippen molar-refractivity contribution in [2.45, 2.75) is 0 Å². The first-order valence-corrected chi connectivity index (χ1v) is 10.4. The zero-order valence-corrected chi connectivity index (χ0v) is 16.5. The molecule has 29 heavy (non-hydrogen) atoms. The van der Waals surface area contributed by atoms with Gasteiger partial charge in [-0.1, -0.05) is 36.4 Å². The molecule has 8 heteroatoms. The van der Waals surface area contributed by atoms with Crippen molar-refractivity contribution in [3.8, 4) is 11.1 Å². The zero-order chi connectivity index (χ0) is 21.2. The van der Waals surface area contributed by atoms with E-state index in [9.17, 15) is 22.0 Å². The maximum Gasteiger partial charge on any atom is 0.258 e.